The summed E-state index contributed by atoms with van der Waals surface area (Å²) in [5.74, 6) is 0. The van der Waals surface area contributed by atoms with Crippen molar-refractivity contribution in [3.8, 4) is 11.1 Å². The molecule has 0 saturated carbocycles. The van der Waals surface area contributed by atoms with E-state index in [1.54, 1.807) is 46.7 Å². The molecule has 3 fully saturated rings. The van der Waals surface area contributed by atoms with E-state index in [0.29, 0.717) is 25.9 Å². The maximum absolute atomic E-state index is 12.8. The van der Waals surface area contributed by atoms with Crippen molar-refractivity contribution in [2.45, 2.75) is 206 Å². The quantitative estimate of drug-likeness (QED) is 0.0534. The number of hydrogen-bond acceptors (Lipinski definition) is 16. The number of nitrogen functional groups attached to an aromatic ring is 1. The SMILES string of the molecule is CC(C)(C)SNCc1ccc(Br)cn1.CC1(C)OB(c2ccnc(C(F)(F)F)c2)OC1(C)C.CC1OB(B2OC(C)(C)C(C)(C)O2)OC1(C)C.C[C@H](NS(=O)C(C)(C)C)c1ccc(-c2ccnc(C(F)(F)F)c2)cn1.FC(F)(F)c1cc(I)ccn1.Nc1ccnc(C(F)(F)F)c1. The second-order valence-electron chi connectivity index (χ2n) is 26.5. The molecule has 0 spiro atoms. The van der Waals surface area contributed by atoms with Gasteiger partial charge in [0.15, 0.2) is 0 Å². The summed E-state index contributed by atoms with van der Waals surface area (Å²) in [5.41, 5.74) is 2.31. The van der Waals surface area contributed by atoms with Crippen LogP contribution in [0, 0.1) is 3.57 Å². The van der Waals surface area contributed by atoms with Crippen LogP contribution in [0.4, 0.5) is 58.4 Å². The molecule has 3 aliphatic rings. The molecule has 534 valence electrons. The molecule has 4 N–H and O–H groups in total. The van der Waals surface area contributed by atoms with Crippen LogP contribution in [-0.4, -0.2) is 98.9 Å². The smallest absolute Gasteiger partial charge is 0.408 e. The maximum atomic E-state index is 12.8. The Morgan fingerprint density at radius 1 is 0.588 bits per heavy atom. The van der Waals surface area contributed by atoms with Gasteiger partial charge in [-0.25, -0.2) is 8.93 Å². The second kappa shape index (κ2) is 33.5. The van der Waals surface area contributed by atoms with Crippen LogP contribution < -0.4 is 20.6 Å². The van der Waals surface area contributed by atoms with Gasteiger partial charge in [-0.1, -0.05) is 18.0 Å². The lowest BCUT2D eigenvalue weighted by Gasteiger charge is -2.32. The van der Waals surface area contributed by atoms with Gasteiger partial charge in [-0.05, 0) is 241 Å². The molecule has 0 aromatic carbocycles. The highest BCUT2D eigenvalue weighted by atomic mass is 127. The zero-order chi connectivity index (χ0) is 73.9. The first kappa shape index (κ1) is 84.9. The van der Waals surface area contributed by atoms with Gasteiger partial charge in [0.2, 0.25) is 0 Å². The van der Waals surface area contributed by atoms with E-state index in [9.17, 15) is 56.9 Å². The molecule has 6 aromatic heterocycles. The summed E-state index contributed by atoms with van der Waals surface area (Å²) in [7, 11) is -2.95. The van der Waals surface area contributed by atoms with Crippen LogP contribution >= 0.6 is 50.5 Å². The number of halogens is 14. The van der Waals surface area contributed by atoms with E-state index >= 15 is 0 Å². The van der Waals surface area contributed by atoms with Crippen LogP contribution in [0.15, 0.2) is 114 Å². The molecule has 0 amide bonds. The molecule has 2 unspecified atom stereocenters. The lowest BCUT2D eigenvalue weighted by molar-refractivity contribution is -0.142. The molecule has 9 heterocycles. The molecule has 3 aliphatic heterocycles. The first-order valence-corrected chi connectivity index (χ1v) is 33.6. The van der Waals surface area contributed by atoms with E-state index in [2.05, 4.69) is 76.0 Å². The zero-order valence-electron chi connectivity index (χ0n) is 56.7. The Balaban J connectivity index is 0.000000253. The third-order valence-corrected chi connectivity index (χ3v) is 18.5. The van der Waals surface area contributed by atoms with Crippen LogP contribution in [0.1, 0.15) is 165 Å². The van der Waals surface area contributed by atoms with Gasteiger partial charge in [-0.3, -0.25) is 34.6 Å². The highest BCUT2D eigenvalue weighted by molar-refractivity contribution is 14.1. The highest BCUT2D eigenvalue weighted by Crippen LogP contribution is 2.41. The van der Waals surface area contributed by atoms with Crippen molar-refractivity contribution < 1.29 is 84.8 Å². The monoisotopic (exact) mass is 1590 g/mol. The lowest BCUT2D eigenvalue weighted by atomic mass is 9.49. The average molecular weight is 1590 g/mol. The van der Waals surface area contributed by atoms with Gasteiger partial charge in [0, 0.05) is 67.8 Å². The number of hydrogen-bond donors (Lipinski definition) is 3. The summed E-state index contributed by atoms with van der Waals surface area (Å²) in [6, 6.07) is 16.7. The minimum Gasteiger partial charge on any atom is -0.408 e. The molecule has 0 bridgehead atoms. The Hall–Kier alpha value is -4.56. The summed E-state index contributed by atoms with van der Waals surface area (Å²) >= 11 is 6.89. The van der Waals surface area contributed by atoms with Crippen LogP contribution in [0.5, 0.6) is 0 Å². The summed E-state index contributed by atoms with van der Waals surface area (Å²) in [5, 5.41) is 0. The van der Waals surface area contributed by atoms with E-state index in [1.807, 2.05) is 122 Å². The maximum Gasteiger partial charge on any atom is 0.494 e. The normalized spacial score (nSPS) is 18.5. The number of nitrogens with one attached hydrogen (secondary N) is 2. The number of anilines is 1. The van der Waals surface area contributed by atoms with E-state index in [1.165, 1.54) is 30.5 Å². The lowest BCUT2D eigenvalue weighted by Crippen LogP contribution is -2.41. The Kier molecular flexibility index (Phi) is 29.3. The fraction of sp³-hybridized carbons (Fsp3) is 0.516. The summed E-state index contributed by atoms with van der Waals surface area (Å²) in [4.78, 5) is 21.5. The molecule has 3 saturated heterocycles. The van der Waals surface area contributed by atoms with Crippen molar-refractivity contribution in [1.82, 2.24) is 39.3 Å². The molecule has 0 aliphatic carbocycles. The Morgan fingerprint density at radius 2 is 1.06 bits per heavy atom. The Morgan fingerprint density at radius 3 is 1.47 bits per heavy atom. The average Bonchev–Trinajstić information content (AvgIpc) is 1.62. The van der Waals surface area contributed by atoms with Gasteiger partial charge in [0.25, 0.3) is 0 Å². The van der Waals surface area contributed by atoms with Crippen molar-refractivity contribution >= 4 is 93.7 Å². The second-order valence-corrected chi connectivity index (χ2v) is 32.4. The molecule has 16 nitrogen and oxygen atoms in total. The number of nitrogens with two attached hydrogens (primary N) is 1. The summed E-state index contributed by atoms with van der Waals surface area (Å²) in [6.45, 7) is 36.3. The predicted octanol–water partition coefficient (Wildman–Crippen LogP) is 16.3. The molecular formula is C62H80B3BrF12IN9O7S2. The van der Waals surface area contributed by atoms with Crippen LogP contribution in [0.25, 0.3) is 11.1 Å². The van der Waals surface area contributed by atoms with Crippen LogP contribution in [-0.2, 0) is 70.2 Å². The highest BCUT2D eigenvalue weighted by Gasteiger charge is 2.61. The summed E-state index contributed by atoms with van der Waals surface area (Å²) in [6.07, 6.45) is -9.93. The Labute approximate surface area is 588 Å². The number of alkyl halides is 12. The number of aromatic nitrogens is 6. The van der Waals surface area contributed by atoms with Crippen molar-refractivity contribution in [3.63, 3.8) is 0 Å². The number of nitrogens with zero attached hydrogens (tertiary/aromatic N) is 6. The van der Waals surface area contributed by atoms with Gasteiger partial charge in [0.1, 0.15) is 22.8 Å². The molecule has 97 heavy (non-hydrogen) atoms. The van der Waals surface area contributed by atoms with Crippen molar-refractivity contribution in [3.05, 3.63) is 152 Å². The molecule has 0 radical (unpaired) electrons. The molecule has 35 heteroatoms. The third-order valence-electron chi connectivity index (χ3n) is 14.8. The van der Waals surface area contributed by atoms with Crippen LogP contribution in [0.2, 0.25) is 0 Å². The van der Waals surface area contributed by atoms with Gasteiger partial charge in [-0.2, -0.15) is 52.7 Å². The topological polar surface area (TPSA) is 200 Å². The van der Waals surface area contributed by atoms with E-state index in [0.717, 1.165) is 65.8 Å². The predicted molar refractivity (Wildman–Crippen MR) is 366 cm³/mol. The number of pyridine rings is 6. The van der Waals surface area contributed by atoms with Crippen LogP contribution in [0.3, 0.4) is 0 Å². The Bertz CT molecular complexity index is 3440. The fourth-order valence-electron chi connectivity index (χ4n) is 7.63. The van der Waals surface area contributed by atoms with Crippen molar-refractivity contribution in [1.29, 1.82) is 0 Å². The molecule has 3 atom stereocenters. The van der Waals surface area contributed by atoms with Gasteiger partial charge in [0.05, 0.1) is 67.3 Å². The fourth-order valence-corrected chi connectivity index (χ4v) is 9.77. The van der Waals surface area contributed by atoms with Gasteiger partial charge < -0.3 is 33.7 Å². The van der Waals surface area contributed by atoms with Gasteiger partial charge >= 0.3 is 45.8 Å². The first-order chi connectivity index (χ1) is 44.0. The van der Waals surface area contributed by atoms with Crippen molar-refractivity contribution in [2.75, 3.05) is 5.73 Å². The van der Waals surface area contributed by atoms with E-state index in [-0.39, 0.29) is 39.4 Å². The minimum absolute atomic E-state index is 0.0338. The zero-order valence-corrected chi connectivity index (χ0v) is 62.1. The standard InChI is InChI=1S/C17H20F3N3OS.C12H15BF3NO2.C11H22B2O4.C10H15BrN2S.C6H3F3IN.C6H5F3N2/c1-11(23-25(24)16(2,3)4)14-6-5-13(10-22-14)12-7-8-21-15(9-12)17(18,19)20;1-10(2)11(3,4)19-13(18-10)8-5-6-17-9(7-8)12(14,15)16;1-8-9(2,3)15-12(14-8)13-16-10(4,5)11(6,7)17-13;1-10(2,3)14-13-7-9-5-4-8(11)6-12-9;2*7-6(8,9)5-3-4(10)1-2-11-5/h5-11,23H,1-4H3;5-7H,1-4H3;8H,1-7H3;4-6,13H,7H2,1-3H3;1-3H;1-3H,(H2,10,11)/t11-,25?;;;;;/m0...../s1. The van der Waals surface area contributed by atoms with Gasteiger partial charge in [-0.15, -0.1) is 0 Å². The first-order valence-electron chi connectivity index (χ1n) is 29.8. The van der Waals surface area contributed by atoms with E-state index < -0.39 is 95.6 Å². The largest absolute Gasteiger partial charge is 0.494 e. The minimum atomic E-state index is -4.49. The third kappa shape index (κ3) is 26.7. The number of rotatable bonds is 9. The summed E-state index contributed by atoms with van der Waals surface area (Å²) < 4.78 is 202. The van der Waals surface area contributed by atoms with Crippen molar-refractivity contribution in [2.24, 2.45) is 0 Å². The molecular weight excluding hydrogens is 1510 g/mol. The molecule has 9 rings (SSSR count). The molecule has 6 aromatic rings. The van der Waals surface area contributed by atoms with E-state index in [4.69, 9.17) is 33.7 Å².